The first kappa shape index (κ1) is 14.6. The molecule has 4 nitrogen and oxygen atoms in total. The Hall–Kier alpha value is -2.36. The number of aromatic nitrogens is 2. The van der Waals surface area contributed by atoms with Crippen LogP contribution >= 0.6 is 0 Å². The molecule has 1 aromatic carbocycles. The number of nitrogens with zero attached hydrogens (tertiary/aromatic N) is 2. The molecule has 1 aliphatic carbocycles. The number of carbonyl (C=O) groups excluding carboxylic acids is 1. The molecule has 0 radical (unpaired) electrons. The van der Waals surface area contributed by atoms with Crippen molar-refractivity contribution in [3.63, 3.8) is 0 Å². The van der Waals surface area contributed by atoms with Crippen molar-refractivity contribution >= 4 is 5.91 Å². The van der Waals surface area contributed by atoms with E-state index in [1.165, 1.54) is 5.56 Å². The van der Waals surface area contributed by atoms with Gasteiger partial charge in [-0.15, -0.1) is 0 Å². The molecule has 1 aromatic heterocycles. The molecule has 0 fully saturated rings. The minimum absolute atomic E-state index is 0.128. The van der Waals surface area contributed by atoms with Crippen molar-refractivity contribution in [2.75, 3.05) is 0 Å². The fourth-order valence-electron chi connectivity index (χ4n) is 2.81. The van der Waals surface area contributed by atoms with Gasteiger partial charge < -0.3 is 5.32 Å². The maximum Gasteiger partial charge on any atom is 0.223 e. The molecule has 1 aliphatic rings. The first-order valence-corrected chi connectivity index (χ1v) is 7.80. The number of hydrogen-bond acceptors (Lipinski definition) is 2. The lowest BCUT2D eigenvalue weighted by Gasteiger charge is -2.18. The monoisotopic (exact) mass is 295 g/mol. The van der Waals surface area contributed by atoms with Gasteiger partial charge in [-0.2, -0.15) is 5.10 Å². The highest BCUT2D eigenvalue weighted by Gasteiger charge is 2.18. The zero-order valence-corrected chi connectivity index (χ0v) is 12.6. The predicted molar refractivity (Wildman–Crippen MR) is 86.1 cm³/mol. The number of rotatable bonds is 5. The fourth-order valence-corrected chi connectivity index (χ4v) is 2.81. The Labute approximate surface area is 130 Å². The average Bonchev–Trinajstić information content (AvgIpc) is 3.07. The second-order valence-corrected chi connectivity index (χ2v) is 5.67. The molecule has 1 N–H and O–H groups in total. The van der Waals surface area contributed by atoms with Crippen molar-refractivity contribution in [1.82, 2.24) is 15.1 Å². The molecular weight excluding hydrogens is 274 g/mol. The van der Waals surface area contributed by atoms with E-state index in [1.807, 2.05) is 29.1 Å². The zero-order valence-electron chi connectivity index (χ0n) is 12.6. The fraction of sp³-hybridized carbons (Fsp3) is 0.333. The molecule has 1 atom stereocenters. The molecule has 4 heteroatoms. The van der Waals surface area contributed by atoms with E-state index in [2.05, 4.69) is 34.7 Å². The van der Waals surface area contributed by atoms with E-state index in [-0.39, 0.29) is 11.8 Å². The van der Waals surface area contributed by atoms with E-state index in [4.69, 9.17) is 0 Å². The van der Waals surface area contributed by atoms with Gasteiger partial charge in [0.25, 0.3) is 0 Å². The topological polar surface area (TPSA) is 46.9 Å². The van der Waals surface area contributed by atoms with Crippen LogP contribution in [0.2, 0.25) is 0 Å². The summed E-state index contributed by atoms with van der Waals surface area (Å²) < 4.78 is 1.90. The van der Waals surface area contributed by atoms with Gasteiger partial charge in [-0.1, -0.05) is 36.4 Å². The van der Waals surface area contributed by atoms with Gasteiger partial charge in [0.2, 0.25) is 5.91 Å². The van der Waals surface area contributed by atoms with Crippen LogP contribution in [0.1, 0.15) is 30.4 Å². The van der Waals surface area contributed by atoms with Gasteiger partial charge in [0.15, 0.2) is 0 Å². The van der Waals surface area contributed by atoms with Gasteiger partial charge in [-0.3, -0.25) is 9.48 Å². The molecular formula is C18H21N3O. The molecule has 3 rings (SSSR count). The Balaban J connectivity index is 1.62. The molecule has 0 spiro atoms. The van der Waals surface area contributed by atoms with Crippen LogP contribution in [0.15, 0.2) is 54.9 Å². The normalized spacial score (nSPS) is 17.4. The summed E-state index contributed by atoms with van der Waals surface area (Å²) in [6.07, 6.45) is 10.8. The van der Waals surface area contributed by atoms with E-state index in [0.717, 1.165) is 31.4 Å². The van der Waals surface area contributed by atoms with Crippen LogP contribution in [-0.4, -0.2) is 15.7 Å². The number of hydrogen-bond donors (Lipinski definition) is 1. The quantitative estimate of drug-likeness (QED) is 0.862. The summed E-state index contributed by atoms with van der Waals surface area (Å²) >= 11 is 0. The third-order valence-electron chi connectivity index (χ3n) is 4.10. The highest BCUT2D eigenvalue weighted by Crippen LogP contribution is 2.18. The summed E-state index contributed by atoms with van der Waals surface area (Å²) in [6, 6.07) is 10.1. The summed E-state index contributed by atoms with van der Waals surface area (Å²) in [5.41, 5.74) is 2.34. The van der Waals surface area contributed by atoms with E-state index in [9.17, 15) is 4.79 Å². The first-order valence-electron chi connectivity index (χ1n) is 7.80. The van der Waals surface area contributed by atoms with Crippen LogP contribution < -0.4 is 5.32 Å². The Morgan fingerprint density at radius 2 is 2.09 bits per heavy atom. The van der Waals surface area contributed by atoms with Gasteiger partial charge >= 0.3 is 0 Å². The van der Waals surface area contributed by atoms with Gasteiger partial charge in [-0.05, 0) is 36.5 Å². The second kappa shape index (κ2) is 7.07. The molecule has 0 aliphatic heterocycles. The SMILES string of the molecule is O=C(NCc1ccccc1Cn1cccn1)C1CC=CCC1. The van der Waals surface area contributed by atoms with Gasteiger partial charge in [-0.25, -0.2) is 0 Å². The Morgan fingerprint density at radius 3 is 2.82 bits per heavy atom. The number of benzene rings is 1. The van der Waals surface area contributed by atoms with Gasteiger partial charge in [0.1, 0.15) is 0 Å². The Morgan fingerprint density at radius 1 is 1.23 bits per heavy atom. The van der Waals surface area contributed by atoms with E-state index >= 15 is 0 Å². The van der Waals surface area contributed by atoms with E-state index in [0.29, 0.717) is 6.54 Å². The molecule has 0 saturated heterocycles. The molecule has 1 unspecified atom stereocenters. The Bertz CT molecular complexity index is 646. The lowest BCUT2D eigenvalue weighted by molar-refractivity contribution is -0.125. The highest BCUT2D eigenvalue weighted by molar-refractivity contribution is 5.79. The maximum atomic E-state index is 12.2. The lowest BCUT2D eigenvalue weighted by atomic mass is 9.93. The molecule has 22 heavy (non-hydrogen) atoms. The lowest BCUT2D eigenvalue weighted by Crippen LogP contribution is -2.31. The standard InChI is InChI=1S/C18H21N3O/c22-18(15-7-2-1-3-8-15)19-13-16-9-4-5-10-17(16)14-21-12-6-11-20-21/h1-2,4-6,9-12,15H,3,7-8,13-14H2,(H,19,22). The Kier molecular flexibility index (Phi) is 4.68. The second-order valence-electron chi connectivity index (χ2n) is 5.67. The summed E-state index contributed by atoms with van der Waals surface area (Å²) in [7, 11) is 0. The molecule has 1 heterocycles. The minimum atomic E-state index is 0.128. The summed E-state index contributed by atoms with van der Waals surface area (Å²) in [4.78, 5) is 12.2. The number of allylic oxidation sites excluding steroid dienone is 2. The zero-order chi connectivity index (χ0) is 15.2. The average molecular weight is 295 g/mol. The molecule has 0 bridgehead atoms. The molecule has 114 valence electrons. The molecule has 2 aromatic rings. The van der Waals surface area contributed by atoms with Crippen molar-refractivity contribution in [1.29, 1.82) is 0 Å². The minimum Gasteiger partial charge on any atom is -0.352 e. The number of carbonyl (C=O) groups is 1. The maximum absolute atomic E-state index is 12.2. The van der Waals surface area contributed by atoms with Crippen molar-refractivity contribution < 1.29 is 4.79 Å². The van der Waals surface area contributed by atoms with Crippen LogP contribution in [0.5, 0.6) is 0 Å². The summed E-state index contributed by atoms with van der Waals surface area (Å²) in [5, 5.41) is 7.33. The van der Waals surface area contributed by atoms with E-state index in [1.54, 1.807) is 6.20 Å². The van der Waals surface area contributed by atoms with Crippen LogP contribution in [0.4, 0.5) is 0 Å². The van der Waals surface area contributed by atoms with Gasteiger partial charge in [0.05, 0.1) is 6.54 Å². The smallest absolute Gasteiger partial charge is 0.223 e. The van der Waals surface area contributed by atoms with Gasteiger partial charge in [0, 0.05) is 24.9 Å². The predicted octanol–water partition coefficient (Wildman–Crippen LogP) is 2.90. The van der Waals surface area contributed by atoms with E-state index < -0.39 is 0 Å². The van der Waals surface area contributed by atoms with Crippen molar-refractivity contribution in [3.8, 4) is 0 Å². The van der Waals surface area contributed by atoms with Crippen LogP contribution in [0.3, 0.4) is 0 Å². The number of amides is 1. The molecule has 1 amide bonds. The third kappa shape index (κ3) is 3.64. The van der Waals surface area contributed by atoms with Crippen molar-refractivity contribution in [3.05, 3.63) is 66.0 Å². The van der Waals surface area contributed by atoms with Crippen molar-refractivity contribution in [2.45, 2.75) is 32.4 Å². The largest absolute Gasteiger partial charge is 0.352 e. The molecule has 0 saturated carbocycles. The highest BCUT2D eigenvalue weighted by atomic mass is 16.1. The van der Waals surface area contributed by atoms with Crippen LogP contribution in [-0.2, 0) is 17.9 Å². The van der Waals surface area contributed by atoms with Crippen molar-refractivity contribution in [2.24, 2.45) is 5.92 Å². The van der Waals surface area contributed by atoms with Crippen LogP contribution in [0, 0.1) is 5.92 Å². The number of nitrogens with one attached hydrogen (secondary N) is 1. The summed E-state index contributed by atoms with van der Waals surface area (Å²) in [6.45, 7) is 1.31. The first-order chi connectivity index (χ1) is 10.8. The summed E-state index contributed by atoms with van der Waals surface area (Å²) in [5.74, 6) is 0.293. The third-order valence-corrected chi connectivity index (χ3v) is 4.10. The van der Waals surface area contributed by atoms with Crippen LogP contribution in [0.25, 0.3) is 0 Å².